The molecule has 0 fully saturated rings. The fraction of sp³-hybridized carbons (Fsp3) is 0.375. The van der Waals surface area contributed by atoms with E-state index in [1.165, 1.54) is 0 Å². The van der Waals surface area contributed by atoms with Crippen LogP contribution >= 0.6 is 11.6 Å². The third kappa shape index (κ3) is 3.71. The van der Waals surface area contributed by atoms with E-state index >= 15 is 0 Å². The molecule has 112 valence electrons. The van der Waals surface area contributed by atoms with E-state index in [0.717, 1.165) is 16.9 Å². The molecule has 1 heterocycles. The van der Waals surface area contributed by atoms with Crippen molar-refractivity contribution in [2.24, 2.45) is 0 Å². The molecular weight excluding hydrogens is 286 g/mol. The van der Waals surface area contributed by atoms with Gasteiger partial charge in [0.1, 0.15) is 5.69 Å². The zero-order valence-corrected chi connectivity index (χ0v) is 13.5. The van der Waals surface area contributed by atoms with Gasteiger partial charge in [0.2, 0.25) is 5.43 Å². The van der Waals surface area contributed by atoms with Gasteiger partial charge in [0.25, 0.3) is 0 Å². The minimum absolute atomic E-state index is 0.0384. The number of aromatic nitrogens is 2. The average molecular weight is 306 g/mol. The molecule has 0 atom stereocenters. The van der Waals surface area contributed by atoms with Crippen LogP contribution in [-0.4, -0.2) is 15.8 Å². The number of nitrogens with zero attached hydrogens (tertiary/aromatic N) is 2. The number of benzene rings is 1. The highest BCUT2D eigenvalue weighted by Crippen LogP contribution is 2.19. The molecule has 0 aliphatic carbocycles. The van der Waals surface area contributed by atoms with Crippen LogP contribution in [0.4, 0.5) is 0 Å². The molecule has 1 aromatic carbocycles. The minimum Gasteiger partial charge on any atom is -0.309 e. The maximum Gasteiger partial charge on any atom is 0.204 e. The van der Waals surface area contributed by atoms with Gasteiger partial charge in [0, 0.05) is 29.4 Å². The van der Waals surface area contributed by atoms with Gasteiger partial charge in [0.15, 0.2) is 0 Å². The van der Waals surface area contributed by atoms with E-state index in [1.54, 1.807) is 10.7 Å². The Morgan fingerprint density at radius 1 is 1.29 bits per heavy atom. The van der Waals surface area contributed by atoms with Gasteiger partial charge in [-0.15, -0.1) is 0 Å². The average Bonchev–Trinajstić information content (AvgIpc) is 2.38. The summed E-state index contributed by atoms with van der Waals surface area (Å²) in [7, 11) is 0. The molecule has 0 aliphatic rings. The highest BCUT2D eigenvalue weighted by atomic mass is 35.5. The number of rotatable bonds is 4. The molecule has 0 saturated heterocycles. The lowest BCUT2D eigenvalue weighted by Gasteiger charge is -2.14. The van der Waals surface area contributed by atoms with Gasteiger partial charge in [-0.05, 0) is 37.6 Å². The Bertz CT molecular complexity index is 707. The van der Waals surface area contributed by atoms with Crippen molar-refractivity contribution in [1.82, 2.24) is 15.1 Å². The van der Waals surface area contributed by atoms with Crippen molar-refractivity contribution in [3.8, 4) is 5.69 Å². The smallest absolute Gasteiger partial charge is 0.204 e. The van der Waals surface area contributed by atoms with Gasteiger partial charge >= 0.3 is 0 Å². The maximum absolute atomic E-state index is 12.0. The molecule has 2 rings (SSSR count). The summed E-state index contributed by atoms with van der Waals surface area (Å²) < 4.78 is 1.80. The van der Waals surface area contributed by atoms with Crippen LogP contribution in [-0.2, 0) is 6.54 Å². The van der Waals surface area contributed by atoms with E-state index in [-0.39, 0.29) is 5.43 Å². The summed E-state index contributed by atoms with van der Waals surface area (Å²) in [5.41, 5.74) is 3.23. The minimum atomic E-state index is -0.0384. The number of halogens is 1. The van der Waals surface area contributed by atoms with E-state index in [0.29, 0.717) is 23.3 Å². The highest BCUT2D eigenvalue weighted by molar-refractivity contribution is 6.30. The van der Waals surface area contributed by atoms with Crippen molar-refractivity contribution >= 4 is 11.6 Å². The summed E-state index contributed by atoms with van der Waals surface area (Å²) in [6, 6.07) is 7.57. The van der Waals surface area contributed by atoms with E-state index in [4.69, 9.17) is 11.6 Å². The molecule has 5 heteroatoms. The topological polar surface area (TPSA) is 46.9 Å². The third-order valence-corrected chi connectivity index (χ3v) is 3.48. The summed E-state index contributed by atoms with van der Waals surface area (Å²) in [6.07, 6.45) is 0. The lowest BCUT2D eigenvalue weighted by molar-refractivity contribution is 0.568. The Balaban J connectivity index is 2.48. The van der Waals surface area contributed by atoms with Crippen LogP contribution in [0.2, 0.25) is 5.02 Å². The number of hydrogen-bond acceptors (Lipinski definition) is 3. The Labute approximate surface area is 129 Å². The van der Waals surface area contributed by atoms with E-state index in [9.17, 15) is 4.79 Å². The van der Waals surface area contributed by atoms with Crippen LogP contribution in [0, 0.1) is 13.8 Å². The standard InChI is InChI=1S/C16H20ClN3O/c1-10(2)18-9-14-16(21)8-12(4)20(19-14)15-6-5-13(17)7-11(15)3/h5-8,10,18H,9H2,1-4H3. The summed E-state index contributed by atoms with van der Waals surface area (Å²) in [5, 5.41) is 8.42. The van der Waals surface area contributed by atoms with Crippen molar-refractivity contribution in [3.05, 3.63) is 56.5 Å². The maximum atomic E-state index is 12.0. The monoisotopic (exact) mass is 305 g/mol. The zero-order valence-electron chi connectivity index (χ0n) is 12.8. The molecule has 0 aliphatic heterocycles. The fourth-order valence-corrected chi connectivity index (χ4v) is 2.33. The first-order valence-electron chi connectivity index (χ1n) is 6.98. The second kappa shape index (κ2) is 6.41. The second-order valence-electron chi connectivity index (χ2n) is 5.47. The predicted octanol–water partition coefficient (Wildman–Crippen LogP) is 3.00. The van der Waals surface area contributed by atoms with Crippen molar-refractivity contribution in [2.45, 2.75) is 40.3 Å². The van der Waals surface area contributed by atoms with Crippen molar-refractivity contribution in [2.75, 3.05) is 0 Å². The van der Waals surface area contributed by atoms with E-state index in [2.05, 4.69) is 10.4 Å². The van der Waals surface area contributed by atoms with Gasteiger partial charge in [-0.1, -0.05) is 25.4 Å². The molecule has 0 spiro atoms. The molecule has 0 radical (unpaired) electrons. The second-order valence-corrected chi connectivity index (χ2v) is 5.91. The van der Waals surface area contributed by atoms with Crippen LogP contribution in [0.25, 0.3) is 5.69 Å². The highest BCUT2D eigenvalue weighted by Gasteiger charge is 2.10. The molecule has 4 nitrogen and oxygen atoms in total. The molecule has 1 N–H and O–H groups in total. The molecule has 0 unspecified atom stereocenters. The molecule has 0 bridgehead atoms. The van der Waals surface area contributed by atoms with Crippen LogP contribution in [0.1, 0.15) is 30.8 Å². The van der Waals surface area contributed by atoms with Crippen molar-refractivity contribution in [1.29, 1.82) is 0 Å². The van der Waals surface area contributed by atoms with Gasteiger partial charge in [-0.2, -0.15) is 5.10 Å². The molecule has 21 heavy (non-hydrogen) atoms. The van der Waals surface area contributed by atoms with Crippen LogP contribution in [0.3, 0.4) is 0 Å². The van der Waals surface area contributed by atoms with Crippen LogP contribution in [0.15, 0.2) is 29.1 Å². The molecular formula is C16H20ClN3O. The zero-order chi connectivity index (χ0) is 15.6. The Kier molecular flexibility index (Phi) is 4.80. The SMILES string of the molecule is Cc1cc(Cl)ccc1-n1nc(CNC(C)C)c(=O)cc1C. The van der Waals surface area contributed by atoms with Gasteiger partial charge in [0.05, 0.1) is 5.69 Å². The van der Waals surface area contributed by atoms with Crippen molar-refractivity contribution in [3.63, 3.8) is 0 Å². The van der Waals surface area contributed by atoms with Gasteiger partial charge in [-0.25, -0.2) is 4.68 Å². The van der Waals surface area contributed by atoms with Crippen LogP contribution in [0.5, 0.6) is 0 Å². The largest absolute Gasteiger partial charge is 0.309 e. The normalized spacial score (nSPS) is 11.1. The number of nitrogens with one attached hydrogen (secondary N) is 1. The first-order chi connectivity index (χ1) is 9.88. The fourth-order valence-electron chi connectivity index (χ4n) is 2.11. The summed E-state index contributed by atoms with van der Waals surface area (Å²) in [5.74, 6) is 0. The van der Waals surface area contributed by atoms with E-state index < -0.39 is 0 Å². The summed E-state index contributed by atoms with van der Waals surface area (Å²) >= 11 is 6.00. The van der Waals surface area contributed by atoms with Gasteiger partial charge in [-0.3, -0.25) is 4.79 Å². The first-order valence-corrected chi connectivity index (χ1v) is 7.36. The number of aryl methyl sites for hydroxylation is 2. The predicted molar refractivity (Wildman–Crippen MR) is 86.3 cm³/mol. The molecule has 1 aromatic heterocycles. The van der Waals surface area contributed by atoms with Gasteiger partial charge < -0.3 is 5.32 Å². The van der Waals surface area contributed by atoms with E-state index in [1.807, 2.05) is 45.9 Å². The lowest BCUT2D eigenvalue weighted by Crippen LogP contribution is -2.28. The Morgan fingerprint density at radius 3 is 2.62 bits per heavy atom. The molecule has 2 aromatic rings. The Morgan fingerprint density at radius 2 is 2.00 bits per heavy atom. The van der Waals surface area contributed by atoms with Crippen molar-refractivity contribution < 1.29 is 0 Å². The first kappa shape index (κ1) is 15.7. The van der Waals surface area contributed by atoms with Crippen LogP contribution < -0.4 is 10.7 Å². The quantitative estimate of drug-likeness (QED) is 0.944. The summed E-state index contributed by atoms with van der Waals surface area (Å²) in [4.78, 5) is 12.0. The third-order valence-electron chi connectivity index (χ3n) is 3.24. The summed E-state index contributed by atoms with van der Waals surface area (Å²) in [6.45, 7) is 8.39. The lowest BCUT2D eigenvalue weighted by atomic mass is 10.2. The Hall–Kier alpha value is -1.65. The molecule has 0 saturated carbocycles. The number of hydrogen-bond donors (Lipinski definition) is 1. The molecule has 0 amide bonds.